The van der Waals surface area contributed by atoms with Gasteiger partial charge in [-0.15, -0.1) is 0 Å². The molecule has 0 aliphatic carbocycles. The third kappa shape index (κ3) is 4.87. The molecular weight excluding hydrogens is 442 g/mol. The van der Waals surface area contributed by atoms with Gasteiger partial charge in [-0.3, -0.25) is 4.99 Å². The van der Waals surface area contributed by atoms with Gasteiger partial charge in [-0.2, -0.15) is 0 Å². The molecule has 0 saturated heterocycles. The second-order valence-electron chi connectivity index (χ2n) is 10.4. The lowest BCUT2D eigenvalue weighted by atomic mass is 9.88. The van der Waals surface area contributed by atoms with E-state index in [1.54, 1.807) is 0 Å². The Labute approximate surface area is 211 Å². The van der Waals surface area contributed by atoms with Gasteiger partial charge in [-0.1, -0.05) is 123 Å². The molecule has 0 unspecified atom stereocenters. The van der Waals surface area contributed by atoms with E-state index in [1.807, 2.05) is 12.3 Å². The zero-order valence-electron chi connectivity index (χ0n) is 21.4. The van der Waals surface area contributed by atoms with E-state index in [0.717, 1.165) is 16.3 Å². The van der Waals surface area contributed by atoms with Gasteiger partial charge in [-0.25, -0.2) is 0 Å². The summed E-state index contributed by atoms with van der Waals surface area (Å²) in [5.74, 6) is 0.323. The first-order chi connectivity index (χ1) is 16.7. The summed E-state index contributed by atoms with van der Waals surface area (Å²) in [6.07, 6.45) is 1.86. The quantitative estimate of drug-likeness (QED) is 0.238. The number of nitrogens with zero attached hydrogens (tertiary/aromatic N) is 1. The summed E-state index contributed by atoms with van der Waals surface area (Å²) in [6, 6.07) is 36.4. The van der Waals surface area contributed by atoms with E-state index < -0.39 is 8.07 Å². The Morgan fingerprint density at radius 1 is 0.743 bits per heavy atom. The van der Waals surface area contributed by atoms with Gasteiger partial charge < -0.3 is 5.11 Å². The molecule has 0 aliphatic heterocycles. The molecule has 4 aromatic rings. The first-order valence-electron chi connectivity index (χ1n) is 12.3. The van der Waals surface area contributed by atoms with Gasteiger partial charge in [0, 0.05) is 11.8 Å². The van der Waals surface area contributed by atoms with Crippen LogP contribution in [0.25, 0.3) is 0 Å². The summed E-state index contributed by atoms with van der Waals surface area (Å²) in [7, 11) is -2.81. The molecule has 178 valence electrons. The number of phenolic OH excluding ortho intramolecular Hbond substituents is 1. The molecule has 0 heterocycles. The predicted octanol–water partition coefficient (Wildman–Crippen LogP) is 4.93. The Morgan fingerprint density at radius 2 is 1.17 bits per heavy atom. The number of rotatable bonds is 6. The molecule has 0 radical (unpaired) electrons. The fraction of sp³-hybridized carbons (Fsp3) is 0.219. The zero-order chi connectivity index (χ0) is 25.1. The topological polar surface area (TPSA) is 32.6 Å². The highest BCUT2D eigenvalue weighted by Crippen LogP contribution is 2.24. The van der Waals surface area contributed by atoms with Crippen LogP contribution in [0.1, 0.15) is 38.8 Å². The lowest BCUT2D eigenvalue weighted by Gasteiger charge is -2.35. The summed E-state index contributed by atoms with van der Waals surface area (Å²) >= 11 is 0. The molecule has 4 aromatic carbocycles. The standard InChI is InChI=1S/C32H35NOSi/c1-24-21-26(23-33-25(2)32(3,4)5)31(34)30(22-24)35(27-15-9-6-10-16-27,28-17-11-7-12-18-28)29-19-13-8-14-20-29/h6-23,25,34H,1-5H3/t25-/m1/s1. The highest BCUT2D eigenvalue weighted by Gasteiger charge is 2.43. The number of hydrogen-bond acceptors (Lipinski definition) is 2. The lowest BCUT2D eigenvalue weighted by Crippen LogP contribution is -2.74. The van der Waals surface area contributed by atoms with Crippen LogP contribution in [0, 0.1) is 12.3 Å². The fourth-order valence-electron chi connectivity index (χ4n) is 4.64. The van der Waals surface area contributed by atoms with Gasteiger partial charge in [0.05, 0.1) is 6.04 Å². The van der Waals surface area contributed by atoms with Crippen LogP contribution >= 0.6 is 0 Å². The van der Waals surface area contributed by atoms with Crippen molar-refractivity contribution in [1.29, 1.82) is 0 Å². The SMILES string of the molecule is Cc1cc(C=N[C@H](C)C(C)(C)C)c(O)c([Si](c2ccccc2)(c2ccccc2)c2ccccc2)c1. The minimum Gasteiger partial charge on any atom is -0.507 e. The molecule has 0 bridgehead atoms. The summed E-state index contributed by atoms with van der Waals surface area (Å²) in [6.45, 7) is 10.8. The van der Waals surface area contributed by atoms with Crippen LogP contribution < -0.4 is 20.7 Å². The summed E-state index contributed by atoms with van der Waals surface area (Å²) in [5.41, 5.74) is 1.94. The van der Waals surface area contributed by atoms with Gasteiger partial charge in [0.2, 0.25) is 0 Å². The maximum atomic E-state index is 11.9. The highest BCUT2D eigenvalue weighted by molar-refractivity contribution is 7.20. The van der Waals surface area contributed by atoms with Crippen LogP contribution in [-0.4, -0.2) is 25.4 Å². The van der Waals surface area contributed by atoms with Crippen molar-refractivity contribution in [1.82, 2.24) is 0 Å². The number of benzene rings is 4. The van der Waals surface area contributed by atoms with Crippen LogP contribution in [-0.2, 0) is 0 Å². The Bertz CT molecular complexity index is 1200. The monoisotopic (exact) mass is 477 g/mol. The number of hydrogen-bond donors (Lipinski definition) is 1. The Morgan fingerprint density at radius 3 is 1.57 bits per heavy atom. The molecule has 0 spiro atoms. The van der Waals surface area contributed by atoms with Crippen LogP contribution in [0.3, 0.4) is 0 Å². The number of aliphatic imine (C=N–C) groups is 1. The number of aromatic hydroxyl groups is 1. The van der Waals surface area contributed by atoms with Crippen LogP contribution in [0.4, 0.5) is 0 Å². The van der Waals surface area contributed by atoms with Crippen molar-refractivity contribution in [3.8, 4) is 5.75 Å². The Balaban J connectivity index is 2.07. The summed E-state index contributed by atoms with van der Waals surface area (Å²) in [5, 5.41) is 16.6. The van der Waals surface area contributed by atoms with E-state index in [4.69, 9.17) is 4.99 Å². The van der Waals surface area contributed by atoms with Gasteiger partial charge in [-0.05, 0) is 46.1 Å². The van der Waals surface area contributed by atoms with Crippen molar-refractivity contribution in [3.05, 3.63) is 114 Å². The maximum absolute atomic E-state index is 11.9. The smallest absolute Gasteiger partial charge is 0.183 e. The van der Waals surface area contributed by atoms with Crippen LogP contribution in [0.2, 0.25) is 0 Å². The molecule has 0 aromatic heterocycles. The van der Waals surface area contributed by atoms with E-state index in [-0.39, 0.29) is 11.5 Å². The van der Waals surface area contributed by atoms with Gasteiger partial charge >= 0.3 is 0 Å². The average molecular weight is 478 g/mol. The van der Waals surface area contributed by atoms with Crippen molar-refractivity contribution in [3.63, 3.8) is 0 Å². The molecule has 0 fully saturated rings. The molecule has 3 heteroatoms. The third-order valence-corrected chi connectivity index (χ3v) is 11.8. The first-order valence-corrected chi connectivity index (χ1v) is 14.3. The molecule has 1 atom stereocenters. The molecule has 2 nitrogen and oxygen atoms in total. The third-order valence-electron chi connectivity index (χ3n) is 7.00. The largest absolute Gasteiger partial charge is 0.507 e. The minimum absolute atomic E-state index is 0.0510. The number of aryl methyl sites for hydroxylation is 1. The fourth-order valence-corrected chi connectivity index (χ4v) is 9.59. The molecule has 35 heavy (non-hydrogen) atoms. The molecule has 0 saturated carbocycles. The van der Waals surface area contributed by atoms with Crippen molar-refractivity contribution in [2.45, 2.75) is 40.7 Å². The maximum Gasteiger partial charge on any atom is 0.183 e. The lowest BCUT2D eigenvalue weighted by molar-refractivity contribution is 0.342. The Kier molecular flexibility index (Phi) is 7.09. The molecule has 0 aliphatic rings. The van der Waals surface area contributed by atoms with Crippen molar-refractivity contribution >= 4 is 35.0 Å². The molecule has 4 rings (SSSR count). The number of phenols is 1. The minimum atomic E-state index is -2.81. The summed E-state index contributed by atoms with van der Waals surface area (Å²) < 4.78 is 0. The second-order valence-corrected chi connectivity index (χ2v) is 14.2. The average Bonchev–Trinajstić information content (AvgIpc) is 2.86. The van der Waals surface area contributed by atoms with E-state index in [0.29, 0.717) is 5.75 Å². The molecular formula is C32H35NOSi. The predicted molar refractivity (Wildman–Crippen MR) is 153 cm³/mol. The van der Waals surface area contributed by atoms with Crippen molar-refractivity contribution in [2.75, 3.05) is 0 Å². The van der Waals surface area contributed by atoms with E-state index >= 15 is 0 Å². The van der Waals surface area contributed by atoms with E-state index in [2.05, 4.69) is 132 Å². The van der Waals surface area contributed by atoms with Gasteiger partial charge in [0.25, 0.3) is 0 Å². The summed E-state index contributed by atoms with van der Waals surface area (Å²) in [4.78, 5) is 4.84. The van der Waals surface area contributed by atoms with Crippen molar-refractivity contribution < 1.29 is 5.11 Å². The Hall–Kier alpha value is -3.43. The highest BCUT2D eigenvalue weighted by atomic mass is 28.3. The van der Waals surface area contributed by atoms with Gasteiger partial charge in [0.15, 0.2) is 8.07 Å². The normalized spacial score (nSPS) is 13.2. The van der Waals surface area contributed by atoms with Gasteiger partial charge in [0.1, 0.15) is 5.75 Å². The van der Waals surface area contributed by atoms with Crippen LogP contribution in [0.5, 0.6) is 5.75 Å². The van der Waals surface area contributed by atoms with E-state index in [9.17, 15) is 5.11 Å². The molecule has 0 amide bonds. The molecule has 1 N–H and O–H groups in total. The first kappa shape index (κ1) is 24.7. The van der Waals surface area contributed by atoms with Crippen molar-refractivity contribution in [2.24, 2.45) is 10.4 Å². The zero-order valence-corrected chi connectivity index (χ0v) is 22.4. The van der Waals surface area contributed by atoms with E-state index in [1.165, 1.54) is 15.6 Å². The second kappa shape index (κ2) is 10.0. The van der Waals surface area contributed by atoms with Crippen LogP contribution in [0.15, 0.2) is 108 Å².